The highest BCUT2D eigenvalue weighted by molar-refractivity contribution is 6.30. The van der Waals surface area contributed by atoms with Crippen LogP contribution in [0.3, 0.4) is 0 Å². The van der Waals surface area contributed by atoms with E-state index in [2.05, 4.69) is 24.1 Å². The molecule has 1 fully saturated rings. The summed E-state index contributed by atoms with van der Waals surface area (Å²) < 4.78 is 1.73. The van der Waals surface area contributed by atoms with Crippen LogP contribution in [-0.4, -0.2) is 40.4 Å². The number of rotatable bonds is 4. The van der Waals surface area contributed by atoms with Crippen LogP contribution in [0.4, 0.5) is 0 Å². The van der Waals surface area contributed by atoms with Crippen molar-refractivity contribution in [1.29, 1.82) is 0 Å². The van der Waals surface area contributed by atoms with Crippen LogP contribution in [-0.2, 0) is 13.5 Å². The fourth-order valence-corrected chi connectivity index (χ4v) is 3.70. The maximum absolute atomic E-state index is 6.56. The second kappa shape index (κ2) is 5.43. The molecule has 1 saturated carbocycles. The van der Waals surface area contributed by atoms with Crippen molar-refractivity contribution in [2.75, 3.05) is 14.1 Å². The Hall–Kier alpha value is -0.580. The smallest absolute Gasteiger partial charge is 0.130 e. The van der Waals surface area contributed by atoms with E-state index in [1.807, 2.05) is 14.0 Å². The van der Waals surface area contributed by atoms with Gasteiger partial charge in [-0.2, -0.15) is 5.10 Å². The summed E-state index contributed by atoms with van der Waals surface area (Å²) in [7, 11) is 6.16. The molecule has 1 aromatic heterocycles. The molecule has 1 aliphatic carbocycles. The third-order valence-corrected chi connectivity index (χ3v) is 5.22. The van der Waals surface area contributed by atoms with Gasteiger partial charge in [0.25, 0.3) is 0 Å². The Labute approximate surface area is 120 Å². The van der Waals surface area contributed by atoms with Gasteiger partial charge in [-0.15, -0.1) is 0 Å². The highest BCUT2D eigenvalue weighted by Crippen LogP contribution is 2.37. The lowest BCUT2D eigenvalue weighted by atomic mass is 9.84. The van der Waals surface area contributed by atoms with E-state index >= 15 is 0 Å². The van der Waals surface area contributed by atoms with Gasteiger partial charge in [0.05, 0.1) is 5.69 Å². The number of nitrogens with two attached hydrogens (primary N) is 1. The number of aryl methyl sites for hydroxylation is 2. The maximum atomic E-state index is 6.56. The fourth-order valence-electron chi connectivity index (χ4n) is 3.45. The van der Waals surface area contributed by atoms with Gasteiger partial charge < -0.3 is 10.6 Å². The molecule has 0 amide bonds. The monoisotopic (exact) mass is 284 g/mol. The van der Waals surface area contributed by atoms with E-state index in [0.717, 1.165) is 22.8 Å². The lowest BCUT2D eigenvalue weighted by Crippen LogP contribution is -2.56. The minimum atomic E-state index is 0.102. The van der Waals surface area contributed by atoms with Gasteiger partial charge in [-0.05, 0) is 40.3 Å². The van der Waals surface area contributed by atoms with Crippen LogP contribution in [0.5, 0.6) is 0 Å². The van der Waals surface area contributed by atoms with Crippen molar-refractivity contribution in [1.82, 2.24) is 14.7 Å². The molecule has 2 rings (SSSR count). The number of hydrogen-bond acceptors (Lipinski definition) is 3. The molecule has 1 unspecified atom stereocenters. The van der Waals surface area contributed by atoms with Gasteiger partial charge >= 0.3 is 0 Å². The highest BCUT2D eigenvalue weighted by atomic mass is 35.5. The Bertz CT molecular complexity index is 447. The Morgan fingerprint density at radius 1 is 1.42 bits per heavy atom. The SMILES string of the molecule is Cc1nn(C)c(Cl)c1CC(N)C1(N(C)C)CCCC1. The van der Waals surface area contributed by atoms with Crippen LogP contribution in [0.2, 0.25) is 5.15 Å². The van der Waals surface area contributed by atoms with Crippen LogP contribution < -0.4 is 5.73 Å². The van der Waals surface area contributed by atoms with Crippen LogP contribution >= 0.6 is 11.6 Å². The molecule has 2 N–H and O–H groups in total. The fraction of sp³-hybridized carbons (Fsp3) is 0.786. The van der Waals surface area contributed by atoms with Gasteiger partial charge in [0.2, 0.25) is 0 Å². The van der Waals surface area contributed by atoms with Crippen molar-refractivity contribution < 1.29 is 0 Å². The molecular weight excluding hydrogens is 260 g/mol. The molecule has 0 saturated heterocycles. The van der Waals surface area contributed by atoms with Crippen LogP contribution in [0.1, 0.15) is 36.9 Å². The summed E-state index contributed by atoms with van der Waals surface area (Å²) in [5.41, 5.74) is 8.77. The normalized spacial score (nSPS) is 20.2. The lowest BCUT2D eigenvalue weighted by molar-refractivity contribution is 0.123. The third kappa shape index (κ3) is 2.54. The molecule has 0 spiro atoms. The summed E-state index contributed by atoms with van der Waals surface area (Å²) in [4.78, 5) is 2.31. The maximum Gasteiger partial charge on any atom is 0.130 e. The van der Waals surface area contributed by atoms with Gasteiger partial charge in [0.1, 0.15) is 5.15 Å². The molecule has 1 aliphatic rings. The van der Waals surface area contributed by atoms with Crippen molar-refractivity contribution in [3.8, 4) is 0 Å². The number of nitrogens with zero attached hydrogens (tertiary/aromatic N) is 3. The molecule has 108 valence electrons. The minimum absolute atomic E-state index is 0.102. The van der Waals surface area contributed by atoms with Gasteiger partial charge in [-0.1, -0.05) is 24.4 Å². The Morgan fingerprint density at radius 2 is 2.00 bits per heavy atom. The summed E-state index contributed by atoms with van der Waals surface area (Å²) in [6, 6.07) is 0.102. The van der Waals surface area contributed by atoms with Crippen molar-refractivity contribution in [2.24, 2.45) is 12.8 Å². The third-order valence-electron chi connectivity index (χ3n) is 4.74. The molecule has 19 heavy (non-hydrogen) atoms. The number of aromatic nitrogens is 2. The van der Waals surface area contributed by atoms with Crippen molar-refractivity contribution >= 4 is 11.6 Å². The molecule has 1 aromatic rings. The quantitative estimate of drug-likeness (QED) is 0.921. The summed E-state index contributed by atoms with van der Waals surface area (Å²) >= 11 is 6.32. The van der Waals surface area contributed by atoms with Gasteiger partial charge in [0, 0.05) is 24.2 Å². The van der Waals surface area contributed by atoms with E-state index in [4.69, 9.17) is 17.3 Å². The van der Waals surface area contributed by atoms with Gasteiger partial charge in [-0.25, -0.2) is 0 Å². The molecule has 0 aromatic carbocycles. The topological polar surface area (TPSA) is 47.1 Å². The van der Waals surface area contributed by atoms with E-state index in [1.54, 1.807) is 4.68 Å². The van der Waals surface area contributed by atoms with Crippen LogP contribution in [0, 0.1) is 6.92 Å². The van der Waals surface area contributed by atoms with Gasteiger partial charge in [0.15, 0.2) is 0 Å². The zero-order valence-corrected chi connectivity index (χ0v) is 13.2. The first kappa shape index (κ1) is 14.8. The highest BCUT2D eigenvalue weighted by Gasteiger charge is 2.41. The number of likely N-dealkylation sites (N-methyl/N-ethyl adjacent to an activating group) is 1. The predicted molar refractivity (Wildman–Crippen MR) is 79.5 cm³/mol. The summed E-state index contributed by atoms with van der Waals surface area (Å²) in [6.07, 6.45) is 5.70. The summed E-state index contributed by atoms with van der Waals surface area (Å²) in [5.74, 6) is 0. The minimum Gasteiger partial charge on any atom is -0.326 e. The first-order valence-corrected chi connectivity index (χ1v) is 7.37. The van der Waals surface area contributed by atoms with E-state index in [-0.39, 0.29) is 11.6 Å². The second-order valence-corrected chi connectivity index (χ2v) is 6.35. The summed E-state index contributed by atoms with van der Waals surface area (Å²) in [6.45, 7) is 2.00. The zero-order chi connectivity index (χ0) is 14.2. The van der Waals surface area contributed by atoms with Gasteiger partial charge in [-0.3, -0.25) is 4.68 Å². The molecule has 0 bridgehead atoms. The molecule has 0 radical (unpaired) electrons. The Kier molecular flexibility index (Phi) is 4.23. The van der Waals surface area contributed by atoms with Crippen molar-refractivity contribution in [3.63, 3.8) is 0 Å². The molecule has 1 atom stereocenters. The van der Waals surface area contributed by atoms with Crippen molar-refractivity contribution in [3.05, 3.63) is 16.4 Å². The molecule has 5 heteroatoms. The average Bonchev–Trinajstić information content (AvgIpc) is 2.92. The van der Waals surface area contributed by atoms with Crippen molar-refractivity contribution in [2.45, 2.75) is 50.6 Å². The first-order valence-electron chi connectivity index (χ1n) is 6.99. The van der Waals surface area contributed by atoms with Crippen LogP contribution in [0.15, 0.2) is 0 Å². The average molecular weight is 285 g/mol. The predicted octanol–water partition coefficient (Wildman–Crippen LogP) is 2.13. The molecule has 0 aliphatic heterocycles. The van der Waals surface area contributed by atoms with E-state index in [0.29, 0.717) is 0 Å². The largest absolute Gasteiger partial charge is 0.326 e. The number of halogens is 1. The first-order chi connectivity index (χ1) is 8.88. The molecule has 4 nitrogen and oxygen atoms in total. The Balaban J connectivity index is 2.22. The zero-order valence-electron chi connectivity index (χ0n) is 12.4. The Morgan fingerprint density at radius 3 is 2.42 bits per heavy atom. The molecule has 1 heterocycles. The van der Waals surface area contributed by atoms with E-state index < -0.39 is 0 Å². The van der Waals surface area contributed by atoms with E-state index in [1.165, 1.54) is 25.7 Å². The van der Waals surface area contributed by atoms with Crippen LogP contribution in [0.25, 0.3) is 0 Å². The summed E-state index contributed by atoms with van der Waals surface area (Å²) in [5, 5.41) is 5.10. The lowest BCUT2D eigenvalue weighted by Gasteiger charge is -2.41. The standard InChI is InChI=1S/C14H25ClN4/c1-10-11(13(15)19(4)17-10)9-12(16)14(18(2)3)7-5-6-8-14/h12H,5-9,16H2,1-4H3. The number of hydrogen-bond donors (Lipinski definition) is 1. The molecular formula is C14H25ClN4. The van der Waals surface area contributed by atoms with E-state index in [9.17, 15) is 0 Å². The second-order valence-electron chi connectivity index (χ2n) is 5.99.